The van der Waals surface area contributed by atoms with Gasteiger partial charge in [0, 0.05) is 4.47 Å². The van der Waals surface area contributed by atoms with Crippen LogP contribution in [0.5, 0.6) is 0 Å². The SMILES string of the molecule is C[C@H](NS(=O)(=O)c1ccc(Br)cc1)C(=O)Nc1c(F)cccc1F. The van der Waals surface area contributed by atoms with Crippen LogP contribution in [-0.2, 0) is 14.8 Å². The molecule has 0 fully saturated rings. The first-order valence-electron chi connectivity index (χ1n) is 6.73. The first kappa shape index (κ1) is 18.5. The molecule has 0 saturated heterocycles. The van der Waals surface area contributed by atoms with E-state index in [2.05, 4.69) is 20.7 Å². The molecular formula is C15H13BrF2N2O3S. The van der Waals surface area contributed by atoms with Crippen molar-refractivity contribution in [3.05, 3.63) is 58.6 Å². The summed E-state index contributed by atoms with van der Waals surface area (Å²) in [4.78, 5) is 12.0. The molecule has 0 bridgehead atoms. The molecule has 1 amide bonds. The Balaban J connectivity index is 2.12. The van der Waals surface area contributed by atoms with Crippen LogP contribution < -0.4 is 10.0 Å². The fourth-order valence-electron chi connectivity index (χ4n) is 1.82. The van der Waals surface area contributed by atoms with Crippen LogP contribution >= 0.6 is 15.9 Å². The molecule has 0 radical (unpaired) electrons. The van der Waals surface area contributed by atoms with Crippen molar-refractivity contribution in [3.8, 4) is 0 Å². The molecule has 2 rings (SSSR count). The van der Waals surface area contributed by atoms with Crippen molar-refractivity contribution in [1.29, 1.82) is 0 Å². The van der Waals surface area contributed by atoms with E-state index >= 15 is 0 Å². The number of benzene rings is 2. The van der Waals surface area contributed by atoms with E-state index in [-0.39, 0.29) is 4.90 Å². The number of carbonyl (C=O) groups is 1. The number of amides is 1. The van der Waals surface area contributed by atoms with Gasteiger partial charge in [0.25, 0.3) is 0 Å². The second-order valence-corrected chi connectivity index (χ2v) is 7.51. The molecule has 0 unspecified atom stereocenters. The average Bonchev–Trinajstić information content (AvgIpc) is 2.51. The molecule has 0 aliphatic rings. The minimum Gasteiger partial charge on any atom is -0.320 e. The van der Waals surface area contributed by atoms with Crippen LogP contribution in [0.2, 0.25) is 0 Å². The van der Waals surface area contributed by atoms with Gasteiger partial charge in [-0.3, -0.25) is 4.79 Å². The lowest BCUT2D eigenvalue weighted by Crippen LogP contribution is -2.41. The molecule has 9 heteroatoms. The smallest absolute Gasteiger partial charge is 0.242 e. The Morgan fingerprint density at radius 3 is 2.17 bits per heavy atom. The largest absolute Gasteiger partial charge is 0.320 e. The van der Waals surface area contributed by atoms with Gasteiger partial charge in [-0.05, 0) is 43.3 Å². The molecule has 2 N–H and O–H groups in total. The van der Waals surface area contributed by atoms with Gasteiger partial charge < -0.3 is 5.32 Å². The zero-order valence-electron chi connectivity index (χ0n) is 12.4. The quantitative estimate of drug-likeness (QED) is 0.783. The standard InChI is InChI=1S/C15H13BrF2N2O3S/c1-9(15(21)19-14-12(17)3-2-4-13(14)18)20-24(22,23)11-7-5-10(16)6-8-11/h2-9,20H,1H3,(H,19,21)/t9-/m0/s1. The number of sulfonamides is 1. The van der Waals surface area contributed by atoms with Crippen molar-refractivity contribution in [2.24, 2.45) is 0 Å². The van der Waals surface area contributed by atoms with E-state index in [0.717, 1.165) is 18.2 Å². The second-order valence-electron chi connectivity index (χ2n) is 4.88. The summed E-state index contributed by atoms with van der Waals surface area (Å²) >= 11 is 3.19. The van der Waals surface area contributed by atoms with E-state index in [1.807, 2.05) is 5.32 Å². The minimum absolute atomic E-state index is 0.0394. The highest BCUT2D eigenvalue weighted by Gasteiger charge is 2.23. The number of para-hydroxylation sites is 1. The van der Waals surface area contributed by atoms with Gasteiger partial charge in [0.2, 0.25) is 15.9 Å². The fraction of sp³-hybridized carbons (Fsp3) is 0.133. The highest BCUT2D eigenvalue weighted by molar-refractivity contribution is 9.10. The van der Waals surface area contributed by atoms with Gasteiger partial charge in [-0.25, -0.2) is 17.2 Å². The number of carbonyl (C=O) groups excluding carboxylic acids is 1. The summed E-state index contributed by atoms with van der Waals surface area (Å²) in [7, 11) is -3.95. The lowest BCUT2D eigenvalue weighted by Gasteiger charge is -2.15. The van der Waals surface area contributed by atoms with E-state index < -0.39 is 39.3 Å². The van der Waals surface area contributed by atoms with Crippen LogP contribution in [0.15, 0.2) is 51.8 Å². The lowest BCUT2D eigenvalue weighted by molar-refractivity contribution is -0.117. The van der Waals surface area contributed by atoms with Crippen LogP contribution in [-0.4, -0.2) is 20.4 Å². The van der Waals surface area contributed by atoms with Gasteiger partial charge in [-0.2, -0.15) is 4.72 Å². The van der Waals surface area contributed by atoms with Crippen LogP contribution in [0.1, 0.15) is 6.92 Å². The van der Waals surface area contributed by atoms with Crippen LogP contribution in [0.3, 0.4) is 0 Å². The summed E-state index contributed by atoms with van der Waals surface area (Å²) < 4.78 is 54.3. The molecule has 0 aliphatic carbocycles. The number of rotatable bonds is 5. The van der Waals surface area contributed by atoms with E-state index in [1.54, 1.807) is 0 Å². The first-order chi connectivity index (χ1) is 11.2. The molecule has 128 valence electrons. The molecule has 24 heavy (non-hydrogen) atoms. The maximum absolute atomic E-state index is 13.5. The summed E-state index contributed by atoms with van der Waals surface area (Å²) in [5.41, 5.74) is -0.628. The van der Waals surface area contributed by atoms with Crippen molar-refractivity contribution < 1.29 is 22.0 Å². The van der Waals surface area contributed by atoms with Gasteiger partial charge >= 0.3 is 0 Å². The number of halogens is 3. The molecular weight excluding hydrogens is 406 g/mol. The maximum Gasteiger partial charge on any atom is 0.242 e. The zero-order valence-corrected chi connectivity index (χ0v) is 14.8. The van der Waals surface area contributed by atoms with E-state index in [0.29, 0.717) is 4.47 Å². The first-order valence-corrected chi connectivity index (χ1v) is 9.01. The number of anilines is 1. The molecule has 5 nitrogen and oxygen atoms in total. The topological polar surface area (TPSA) is 75.3 Å². The number of nitrogens with one attached hydrogen (secondary N) is 2. The molecule has 0 aliphatic heterocycles. The van der Waals surface area contributed by atoms with Crippen molar-refractivity contribution in [2.75, 3.05) is 5.32 Å². The highest BCUT2D eigenvalue weighted by atomic mass is 79.9. The van der Waals surface area contributed by atoms with E-state index in [1.165, 1.54) is 31.2 Å². The molecule has 2 aromatic carbocycles. The molecule has 0 spiro atoms. The van der Waals surface area contributed by atoms with Crippen molar-refractivity contribution in [2.45, 2.75) is 17.9 Å². The Morgan fingerprint density at radius 1 is 1.08 bits per heavy atom. The van der Waals surface area contributed by atoms with Gasteiger partial charge in [0.15, 0.2) is 0 Å². The minimum atomic E-state index is -3.95. The van der Waals surface area contributed by atoms with Crippen molar-refractivity contribution >= 4 is 37.5 Å². The Morgan fingerprint density at radius 2 is 1.62 bits per heavy atom. The molecule has 1 atom stereocenters. The Bertz CT molecular complexity index is 837. The summed E-state index contributed by atoms with van der Waals surface area (Å²) in [6.07, 6.45) is 0. The predicted octanol–water partition coefficient (Wildman–Crippen LogP) is 3.03. The monoisotopic (exact) mass is 418 g/mol. The number of hydrogen-bond donors (Lipinski definition) is 2. The lowest BCUT2D eigenvalue weighted by atomic mass is 10.2. The van der Waals surface area contributed by atoms with Crippen LogP contribution in [0.25, 0.3) is 0 Å². The van der Waals surface area contributed by atoms with Crippen molar-refractivity contribution in [3.63, 3.8) is 0 Å². The summed E-state index contributed by atoms with van der Waals surface area (Å²) in [6.45, 7) is 1.27. The van der Waals surface area contributed by atoms with E-state index in [9.17, 15) is 22.0 Å². The average molecular weight is 419 g/mol. The highest BCUT2D eigenvalue weighted by Crippen LogP contribution is 2.19. The summed E-state index contributed by atoms with van der Waals surface area (Å²) in [6, 6.07) is 7.66. The normalized spacial score (nSPS) is 12.7. The molecule has 0 heterocycles. The fourth-order valence-corrected chi connectivity index (χ4v) is 3.28. The second kappa shape index (κ2) is 7.37. The third kappa shape index (κ3) is 4.37. The third-order valence-corrected chi connectivity index (χ3v) is 5.15. The van der Waals surface area contributed by atoms with Crippen LogP contribution in [0.4, 0.5) is 14.5 Å². The predicted molar refractivity (Wildman–Crippen MR) is 88.9 cm³/mol. The van der Waals surface area contributed by atoms with Gasteiger partial charge in [-0.15, -0.1) is 0 Å². The van der Waals surface area contributed by atoms with Gasteiger partial charge in [-0.1, -0.05) is 22.0 Å². The maximum atomic E-state index is 13.5. The van der Waals surface area contributed by atoms with Crippen molar-refractivity contribution in [1.82, 2.24) is 4.72 Å². The third-order valence-electron chi connectivity index (χ3n) is 3.06. The summed E-state index contributed by atoms with van der Waals surface area (Å²) in [5.74, 6) is -2.79. The number of hydrogen-bond acceptors (Lipinski definition) is 3. The molecule has 0 aromatic heterocycles. The Kier molecular flexibility index (Phi) is 5.68. The molecule has 2 aromatic rings. The Labute approximate surface area is 146 Å². The zero-order chi connectivity index (χ0) is 17.9. The molecule has 0 saturated carbocycles. The summed E-state index contributed by atoms with van der Waals surface area (Å²) in [5, 5.41) is 2.04. The Hall–Kier alpha value is -1.84. The van der Waals surface area contributed by atoms with E-state index in [4.69, 9.17) is 0 Å². The van der Waals surface area contributed by atoms with Gasteiger partial charge in [0.05, 0.1) is 10.9 Å². The van der Waals surface area contributed by atoms with Crippen LogP contribution in [0, 0.1) is 11.6 Å². The van der Waals surface area contributed by atoms with Gasteiger partial charge in [0.1, 0.15) is 17.3 Å².